The topological polar surface area (TPSA) is 84.5 Å². The molecule has 1 aromatic rings. The lowest BCUT2D eigenvalue weighted by atomic mass is 10.1. The molecule has 8 heteroatoms. The monoisotopic (exact) mass is 352 g/mol. The highest BCUT2D eigenvalue weighted by atomic mass is 19.1. The highest BCUT2D eigenvalue weighted by Crippen LogP contribution is 2.19. The van der Waals surface area contributed by atoms with Gasteiger partial charge >= 0.3 is 5.97 Å². The lowest BCUT2D eigenvalue weighted by Crippen LogP contribution is -2.47. The second kappa shape index (κ2) is 7.87. The quantitative estimate of drug-likeness (QED) is 0.618. The van der Waals surface area contributed by atoms with Gasteiger partial charge in [0.2, 0.25) is 5.91 Å². The van der Waals surface area contributed by atoms with Crippen LogP contribution in [-0.4, -0.2) is 37.0 Å². The Morgan fingerprint density at radius 3 is 2.40 bits per heavy atom. The summed E-state index contributed by atoms with van der Waals surface area (Å²) in [5.74, 6) is -3.82. The second-order valence-electron chi connectivity index (χ2n) is 5.72. The van der Waals surface area contributed by atoms with Gasteiger partial charge in [0.15, 0.2) is 0 Å². The van der Waals surface area contributed by atoms with Crippen molar-refractivity contribution in [1.82, 2.24) is 10.6 Å². The van der Waals surface area contributed by atoms with Crippen molar-refractivity contribution in [2.75, 3.05) is 7.11 Å². The van der Waals surface area contributed by atoms with Crippen LogP contribution < -0.4 is 10.6 Å². The average molecular weight is 352 g/mol. The summed E-state index contributed by atoms with van der Waals surface area (Å²) < 4.78 is 30.9. The fraction of sp³-hybridized carbons (Fsp3) is 0.353. The number of amides is 2. The summed E-state index contributed by atoms with van der Waals surface area (Å²) >= 11 is 0. The van der Waals surface area contributed by atoms with E-state index in [4.69, 9.17) is 0 Å². The minimum absolute atomic E-state index is 0.219. The number of nitrogens with one attached hydrogen (secondary N) is 2. The highest BCUT2D eigenvalue weighted by Gasteiger charge is 2.28. The molecule has 0 heterocycles. The number of halogens is 2. The van der Waals surface area contributed by atoms with E-state index in [1.165, 1.54) is 14.0 Å². The van der Waals surface area contributed by atoms with E-state index in [0.717, 1.165) is 12.1 Å². The molecule has 1 aliphatic carbocycles. The number of hydrogen-bond donors (Lipinski definition) is 2. The fourth-order valence-corrected chi connectivity index (χ4v) is 2.47. The molecule has 0 saturated heterocycles. The van der Waals surface area contributed by atoms with Gasteiger partial charge in [-0.3, -0.25) is 14.4 Å². The lowest BCUT2D eigenvalue weighted by molar-refractivity contribution is -0.144. The van der Waals surface area contributed by atoms with Crippen LogP contribution in [0.15, 0.2) is 30.4 Å². The Bertz CT molecular complexity index is 700. The van der Waals surface area contributed by atoms with Gasteiger partial charge in [0.05, 0.1) is 13.0 Å². The molecule has 0 spiro atoms. The van der Waals surface area contributed by atoms with Gasteiger partial charge in [0.25, 0.3) is 5.91 Å². The molecule has 134 valence electrons. The summed E-state index contributed by atoms with van der Waals surface area (Å²) in [6.45, 7) is 1.44. The van der Waals surface area contributed by atoms with Gasteiger partial charge in [0.1, 0.15) is 17.7 Å². The summed E-state index contributed by atoms with van der Waals surface area (Å²) in [6, 6.07) is 1.12. The molecule has 3 atom stereocenters. The zero-order chi connectivity index (χ0) is 18.6. The molecule has 0 aliphatic heterocycles. The first-order valence-electron chi connectivity index (χ1n) is 7.63. The summed E-state index contributed by atoms with van der Waals surface area (Å²) in [5.41, 5.74) is -0.219. The molecule has 2 amide bonds. The fourth-order valence-electron chi connectivity index (χ4n) is 2.47. The molecule has 0 fully saturated rings. The molecule has 6 nitrogen and oxygen atoms in total. The normalized spacial score (nSPS) is 20.0. The molecular formula is C17H18F2N2O4. The van der Waals surface area contributed by atoms with Gasteiger partial charge < -0.3 is 15.4 Å². The molecule has 0 saturated carbocycles. The number of carbonyl (C=O) groups is 3. The number of rotatable bonds is 5. The average Bonchev–Trinajstić information content (AvgIpc) is 3.01. The zero-order valence-corrected chi connectivity index (χ0v) is 13.7. The highest BCUT2D eigenvalue weighted by molar-refractivity contribution is 5.97. The van der Waals surface area contributed by atoms with Crippen molar-refractivity contribution in [2.24, 2.45) is 5.92 Å². The molecule has 25 heavy (non-hydrogen) atoms. The number of benzene rings is 1. The van der Waals surface area contributed by atoms with Crippen LogP contribution in [0.25, 0.3) is 0 Å². The van der Waals surface area contributed by atoms with Crippen LogP contribution >= 0.6 is 0 Å². The van der Waals surface area contributed by atoms with Gasteiger partial charge in [-0.2, -0.15) is 0 Å². The smallest absolute Gasteiger partial charge is 0.312 e. The summed E-state index contributed by atoms with van der Waals surface area (Å²) in [5, 5.41) is 5.04. The van der Waals surface area contributed by atoms with Gasteiger partial charge in [0, 0.05) is 17.7 Å². The third kappa shape index (κ3) is 4.85. The van der Waals surface area contributed by atoms with Crippen LogP contribution in [0.5, 0.6) is 0 Å². The Hall–Kier alpha value is -2.77. The molecule has 0 bridgehead atoms. The van der Waals surface area contributed by atoms with E-state index in [-0.39, 0.29) is 17.6 Å². The van der Waals surface area contributed by atoms with Crippen LogP contribution in [0.1, 0.15) is 23.7 Å². The predicted octanol–water partition coefficient (Wildman–Crippen LogP) is 1.32. The van der Waals surface area contributed by atoms with E-state index in [0.29, 0.717) is 12.5 Å². The van der Waals surface area contributed by atoms with E-state index < -0.39 is 35.4 Å². The van der Waals surface area contributed by atoms with E-state index >= 15 is 0 Å². The molecular weight excluding hydrogens is 334 g/mol. The van der Waals surface area contributed by atoms with Crippen molar-refractivity contribution in [2.45, 2.75) is 25.4 Å². The van der Waals surface area contributed by atoms with Crippen LogP contribution in [0, 0.1) is 17.6 Å². The largest absolute Gasteiger partial charge is 0.469 e. The Morgan fingerprint density at radius 1 is 1.16 bits per heavy atom. The van der Waals surface area contributed by atoms with Crippen LogP contribution in [-0.2, 0) is 14.3 Å². The standard InChI is InChI=1S/C17H18F2N2O4/c1-9(20-16(23)11-5-12(18)8-13(19)6-11)15(22)21-14-4-3-10(7-14)17(24)25-2/h3-6,8-10,14H,7H2,1-2H3,(H,20,23)(H,21,22)/t9-,10+,14-/m0/s1. The van der Waals surface area contributed by atoms with Gasteiger partial charge in [-0.1, -0.05) is 12.2 Å². The predicted molar refractivity (Wildman–Crippen MR) is 84.5 cm³/mol. The number of esters is 1. The summed E-state index contributed by atoms with van der Waals surface area (Å²) in [7, 11) is 1.29. The molecule has 0 radical (unpaired) electrons. The molecule has 0 unspecified atom stereocenters. The van der Waals surface area contributed by atoms with Crippen molar-refractivity contribution in [3.8, 4) is 0 Å². The van der Waals surface area contributed by atoms with E-state index in [9.17, 15) is 23.2 Å². The third-order valence-corrected chi connectivity index (χ3v) is 3.78. The molecule has 2 N–H and O–H groups in total. The Morgan fingerprint density at radius 2 is 1.80 bits per heavy atom. The van der Waals surface area contributed by atoms with Crippen molar-refractivity contribution in [3.63, 3.8) is 0 Å². The zero-order valence-electron chi connectivity index (χ0n) is 13.7. The second-order valence-corrected chi connectivity index (χ2v) is 5.72. The number of carbonyl (C=O) groups excluding carboxylic acids is 3. The van der Waals surface area contributed by atoms with Gasteiger partial charge in [-0.05, 0) is 25.5 Å². The number of ether oxygens (including phenoxy) is 1. The summed E-state index contributed by atoms with van der Waals surface area (Å²) in [4.78, 5) is 35.5. The summed E-state index contributed by atoms with van der Waals surface area (Å²) in [6.07, 6.45) is 3.69. The molecule has 1 aromatic carbocycles. The van der Waals surface area contributed by atoms with Crippen LogP contribution in [0.2, 0.25) is 0 Å². The Labute approximate surface area is 143 Å². The van der Waals surface area contributed by atoms with Crippen LogP contribution in [0.4, 0.5) is 8.78 Å². The lowest BCUT2D eigenvalue weighted by Gasteiger charge is -2.18. The van der Waals surface area contributed by atoms with Crippen molar-refractivity contribution in [1.29, 1.82) is 0 Å². The first-order valence-corrected chi connectivity index (χ1v) is 7.63. The number of hydrogen-bond acceptors (Lipinski definition) is 4. The van der Waals surface area contributed by atoms with Gasteiger partial charge in [-0.15, -0.1) is 0 Å². The van der Waals surface area contributed by atoms with Crippen molar-refractivity contribution in [3.05, 3.63) is 47.5 Å². The Kier molecular flexibility index (Phi) is 5.84. The van der Waals surface area contributed by atoms with E-state index in [1.807, 2.05) is 0 Å². The molecule has 2 rings (SSSR count). The van der Waals surface area contributed by atoms with Gasteiger partial charge in [-0.25, -0.2) is 8.78 Å². The van der Waals surface area contributed by atoms with E-state index in [2.05, 4.69) is 15.4 Å². The minimum atomic E-state index is -0.926. The molecule has 0 aromatic heterocycles. The first-order chi connectivity index (χ1) is 11.8. The van der Waals surface area contributed by atoms with Crippen LogP contribution in [0.3, 0.4) is 0 Å². The van der Waals surface area contributed by atoms with Crippen molar-refractivity contribution >= 4 is 17.8 Å². The molecule has 1 aliphatic rings. The Balaban J connectivity index is 1.89. The third-order valence-electron chi connectivity index (χ3n) is 3.78. The maximum absolute atomic E-state index is 13.1. The van der Waals surface area contributed by atoms with Crippen molar-refractivity contribution < 1.29 is 27.9 Å². The van der Waals surface area contributed by atoms with E-state index in [1.54, 1.807) is 12.2 Å². The minimum Gasteiger partial charge on any atom is -0.469 e. The maximum Gasteiger partial charge on any atom is 0.312 e. The number of methoxy groups -OCH3 is 1. The first kappa shape index (κ1) is 18.6. The maximum atomic E-state index is 13.1. The SMILES string of the molecule is COC(=O)[C@@H]1C=C[C@H](NC(=O)[C@H](C)NC(=O)c2cc(F)cc(F)c2)C1.